The second-order valence-electron chi connectivity index (χ2n) is 6.07. The summed E-state index contributed by atoms with van der Waals surface area (Å²) in [6.07, 6.45) is 3.52. The first-order valence-corrected chi connectivity index (χ1v) is 10.7. The number of sulfonamides is 1. The fourth-order valence-electron chi connectivity index (χ4n) is 2.97. The highest BCUT2D eigenvalue weighted by molar-refractivity contribution is 7.98. The summed E-state index contributed by atoms with van der Waals surface area (Å²) in [7, 11) is -3.56. The third-order valence-electron chi connectivity index (χ3n) is 4.33. The number of aromatic nitrogens is 3. The molecule has 1 fully saturated rings. The van der Waals surface area contributed by atoms with E-state index in [0.29, 0.717) is 29.6 Å². The molecule has 3 heterocycles. The van der Waals surface area contributed by atoms with Crippen LogP contribution in [0.2, 0.25) is 0 Å². The maximum Gasteiger partial charge on any atom is 0.246 e. The van der Waals surface area contributed by atoms with Crippen molar-refractivity contribution in [2.75, 3.05) is 13.1 Å². The predicted molar refractivity (Wildman–Crippen MR) is 96.9 cm³/mol. The molecule has 1 saturated heterocycles. The molecule has 6 nitrogen and oxygen atoms in total. The number of halogens is 1. The SMILES string of the molecule is O=S(=O)(c1cccn2c(SCc3ccc(F)cc3)nnc12)N1CCCC1. The van der Waals surface area contributed by atoms with E-state index in [0.717, 1.165) is 18.4 Å². The Morgan fingerprint density at radius 2 is 1.81 bits per heavy atom. The monoisotopic (exact) mass is 392 g/mol. The molecule has 4 rings (SSSR count). The number of pyridine rings is 1. The lowest BCUT2D eigenvalue weighted by Crippen LogP contribution is -2.28. The molecule has 3 aromatic rings. The second-order valence-corrected chi connectivity index (χ2v) is 8.92. The van der Waals surface area contributed by atoms with Crippen LogP contribution in [0, 0.1) is 5.82 Å². The van der Waals surface area contributed by atoms with Crippen molar-refractivity contribution in [3.63, 3.8) is 0 Å². The average molecular weight is 392 g/mol. The van der Waals surface area contributed by atoms with Crippen LogP contribution < -0.4 is 0 Å². The number of thioether (sulfide) groups is 1. The first kappa shape index (κ1) is 17.4. The van der Waals surface area contributed by atoms with Gasteiger partial charge in [0.15, 0.2) is 10.8 Å². The Hall–Kier alpha value is -1.97. The van der Waals surface area contributed by atoms with Crippen molar-refractivity contribution in [1.29, 1.82) is 0 Å². The van der Waals surface area contributed by atoms with Gasteiger partial charge in [-0.15, -0.1) is 10.2 Å². The standard InChI is InChI=1S/C17H17FN4O2S2/c18-14-7-5-13(6-8-14)12-25-17-20-19-16-15(4-3-11-22(16)17)26(23,24)21-9-1-2-10-21/h3-8,11H,1-2,9-10,12H2. The molecule has 0 atom stereocenters. The Kier molecular flexibility index (Phi) is 4.68. The van der Waals surface area contributed by atoms with Gasteiger partial charge in [-0.25, -0.2) is 12.8 Å². The molecule has 2 aromatic heterocycles. The van der Waals surface area contributed by atoms with Gasteiger partial charge in [0, 0.05) is 25.0 Å². The zero-order valence-corrected chi connectivity index (χ0v) is 15.5. The molecule has 26 heavy (non-hydrogen) atoms. The highest BCUT2D eigenvalue weighted by atomic mass is 32.2. The largest absolute Gasteiger partial charge is 0.276 e. The molecule has 0 radical (unpaired) electrons. The van der Waals surface area contributed by atoms with Gasteiger partial charge < -0.3 is 0 Å². The van der Waals surface area contributed by atoms with E-state index in [4.69, 9.17) is 0 Å². The van der Waals surface area contributed by atoms with Gasteiger partial charge in [-0.2, -0.15) is 4.31 Å². The van der Waals surface area contributed by atoms with E-state index >= 15 is 0 Å². The third kappa shape index (κ3) is 3.22. The van der Waals surface area contributed by atoms with Crippen molar-refractivity contribution in [3.05, 3.63) is 54.0 Å². The summed E-state index contributed by atoms with van der Waals surface area (Å²) < 4.78 is 41.9. The van der Waals surface area contributed by atoms with Crippen LogP contribution >= 0.6 is 11.8 Å². The predicted octanol–water partition coefficient (Wildman–Crippen LogP) is 2.95. The van der Waals surface area contributed by atoms with Crippen molar-refractivity contribution in [3.8, 4) is 0 Å². The Labute approximate surface area is 155 Å². The van der Waals surface area contributed by atoms with Crippen molar-refractivity contribution in [2.24, 2.45) is 0 Å². The number of fused-ring (bicyclic) bond motifs is 1. The fourth-order valence-corrected chi connectivity index (χ4v) is 5.48. The molecule has 0 N–H and O–H groups in total. The van der Waals surface area contributed by atoms with E-state index in [1.54, 1.807) is 34.9 Å². The van der Waals surface area contributed by atoms with Crippen LogP contribution in [0.3, 0.4) is 0 Å². The fraction of sp³-hybridized carbons (Fsp3) is 0.294. The summed E-state index contributed by atoms with van der Waals surface area (Å²) in [5.41, 5.74) is 1.29. The molecular weight excluding hydrogens is 375 g/mol. The Morgan fingerprint density at radius 1 is 1.08 bits per heavy atom. The van der Waals surface area contributed by atoms with E-state index in [9.17, 15) is 12.8 Å². The summed E-state index contributed by atoms with van der Waals surface area (Å²) >= 11 is 1.43. The molecule has 0 unspecified atom stereocenters. The maximum absolute atomic E-state index is 13.0. The van der Waals surface area contributed by atoms with Gasteiger partial charge in [0.25, 0.3) is 0 Å². The lowest BCUT2D eigenvalue weighted by molar-refractivity contribution is 0.478. The van der Waals surface area contributed by atoms with Crippen LogP contribution in [0.5, 0.6) is 0 Å². The third-order valence-corrected chi connectivity index (χ3v) is 7.27. The van der Waals surface area contributed by atoms with Gasteiger partial charge in [0.1, 0.15) is 10.7 Å². The van der Waals surface area contributed by atoms with Crippen molar-refractivity contribution in [1.82, 2.24) is 18.9 Å². The number of rotatable bonds is 5. The Balaban J connectivity index is 1.63. The lowest BCUT2D eigenvalue weighted by atomic mass is 10.2. The zero-order chi connectivity index (χ0) is 18.1. The quantitative estimate of drug-likeness (QED) is 0.625. The maximum atomic E-state index is 13.0. The van der Waals surface area contributed by atoms with E-state index in [1.807, 2.05) is 0 Å². The summed E-state index contributed by atoms with van der Waals surface area (Å²) in [4.78, 5) is 0.183. The van der Waals surface area contributed by atoms with Gasteiger partial charge in [-0.1, -0.05) is 23.9 Å². The molecule has 1 aromatic carbocycles. The topological polar surface area (TPSA) is 67.6 Å². The van der Waals surface area contributed by atoms with E-state index in [2.05, 4.69) is 10.2 Å². The van der Waals surface area contributed by atoms with Crippen LogP contribution in [0.15, 0.2) is 52.6 Å². The minimum atomic E-state index is -3.56. The molecule has 0 amide bonds. The highest BCUT2D eigenvalue weighted by Gasteiger charge is 2.30. The molecule has 9 heteroatoms. The smallest absolute Gasteiger partial charge is 0.246 e. The molecule has 1 aliphatic heterocycles. The summed E-state index contributed by atoms with van der Waals surface area (Å²) in [6.45, 7) is 1.09. The molecule has 0 saturated carbocycles. The molecule has 0 bridgehead atoms. The summed E-state index contributed by atoms with van der Waals surface area (Å²) in [6, 6.07) is 9.54. The Bertz CT molecular complexity index is 1030. The Morgan fingerprint density at radius 3 is 2.54 bits per heavy atom. The van der Waals surface area contributed by atoms with Crippen LogP contribution in [0.4, 0.5) is 4.39 Å². The average Bonchev–Trinajstić information content (AvgIpc) is 3.31. The van der Waals surface area contributed by atoms with Gasteiger partial charge in [0.2, 0.25) is 10.0 Å². The number of hydrogen-bond acceptors (Lipinski definition) is 5. The van der Waals surface area contributed by atoms with E-state index in [1.165, 1.54) is 28.2 Å². The van der Waals surface area contributed by atoms with Crippen molar-refractivity contribution >= 4 is 27.4 Å². The normalized spacial score (nSPS) is 15.7. The van der Waals surface area contributed by atoms with E-state index < -0.39 is 10.0 Å². The van der Waals surface area contributed by atoms with Crippen LogP contribution in [-0.4, -0.2) is 40.4 Å². The molecule has 1 aliphatic rings. The lowest BCUT2D eigenvalue weighted by Gasteiger charge is -2.15. The molecular formula is C17H17FN4O2S2. The first-order valence-electron chi connectivity index (χ1n) is 8.27. The number of hydrogen-bond donors (Lipinski definition) is 0. The van der Waals surface area contributed by atoms with Crippen molar-refractivity contribution in [2.45, 2.75) is 28.6 Å². The van der Waals surface area contributed by atoms with Gasteiger partial charge in [-0.3, -0.25) is 4.40 Å². The van der Waals surface area contributed by atoms with Gasteiger partial charge in [0.05, 0.1) is 0 Å². The zero-order valence-electron chi connectivity index (χ0n) is 13.9. The second kappa shape index (κ2) is 6.98. The van der Waals surface area contributed by atoms with Gasteiger partial charge >= 0.3 is 0 Å². The first-order chi connectivity index (χ1) is 12.6. The highest BCUT2D eigenvalue weighted by Crippen LogP contribution is 2.27. The number of benzene rings is 1. The van der Waals surface area contributed by atoms with Crippen LogP contribution in [0.1, 0.15) is 18.4 Å². The molecule has 0 aliphatic carbocycles. The summed E-state index contributed by atoms with van der Waals surface area (Å²) in [5.74, 6) is 0.313. The van der Waals surface area contributed by atoms with E-state index in [-0.39, 0.29) is 10.7 Å². The van der Waals surface area contributed by atoms with Gasteiger partial charge in [-0.05, 0) is 42.7 Å². The van der Waals surface area contributed by atoms with Crippen molar-refractivity contribution < 1.29 is 12.8 Å². The van der Waals surface area contributed by atoms with Crippen LogP contribution in [-0.2, 0) is 15.8 Å². The summed E-state index contributed by atoms with van der Waals surface area (Å²) in [5, 5.41) is 8.86. The number of nitrogens with zero attached hydrogens (tertiary/aromatic N) is 4. The molecule has 0 spiro atoms. The van der Waals surface area contributed by atoms with Crippen LogP contribution in [0.25, 0.3) is 5.65 Å². The minimum absolute atomic E-state index is 0.183. The molecule has 136 valence electrons. The minimum Gasteiger partial charge on any atom is -0.276 e.